The molecule has 0 aliphatic rings. The van der Waals surface area contributed by atoms with E-state index in [2.05, 4.69) is 6.92 Å². The van der Waals surface area contributed by atoms with Gasteiger partial charge in [-0.3, -0.25) is 0 Å². The zero-order valence-electron chi connectivity index (χ0n) is 15.9. The van der Waals surface area contributed by atoms with Gasteiger partial charge in [0, 0.05) is 0 Å². The van der Waals surface area contributed by atoms with Crippen LogP contribution in [0.5, 0.6) is 0 Å². The summed E-state index contributed by atoms with van der Waals surface area (Å²) in [4.78, 5) is 0.299. The second-order valence-electron chi connectivity index (χ2n) is 7.95. The van der Waals surface area contributed by atoms with Gasteiger partial charge in [0.15, 0.2) is 9.84 Å². The number of unbranched alkanes of at least 4 members (excludes halogenated alkanes) is 4. The Morgan fingerprint density at radius 2 is 1.50 bits per heavy atom. The summed E-state index contributed by atoms with van der Waals surface area (Å²) >= 11 is 0. The molecule has 138 valence electrons. The molecule has 0 saturated carbocycles. The SMILES string of the molecule is CCCCCCCC(C(C)(O)C(C)(C)C)S(=O)(=O)c1ccccc1. The average molecular weight is 355 g/mol. The fourth-order valence-corrected chi connectivity index (χ4v) is 5.23. The highest BCUT2D eigenvalue weighted by Crippen LogP contribution is 2.40. The highest BCUT2D eigenvalue weighted by molar-refractivity contribution is 7.92. The number of aliphatic hydroxyl groups is 1. The lowest BCUT2D eigenvalue weighted by molar-refractivity contribution is -0.0462. The molecule has 0 radical (unpaired) electrons. The van der Waals surface area contributed by atoms with Gasteiger partial charge in [-0.1, -0.05) is 78.0 Å². The zero-order chi connectivity index (χ0) is 18.4. The third-order valence-corrected chi connectivity index (χ3v) is 7.53. The molecule has 1 rings (SSSR count). The quantitative estimate of drug-likeness (QED) is 0.636. The second-order valence-corrected chi connectivity index (χ2v) is 10.1. The molecule has 2 atom stereocenters. The van der Waals surface area contributed by atoms with Gasteiger partial charge in [-0.25, -0.2) is 8.42 Å². The van der Waals surface area contributed by atoms with Crippen molar-refractivity contribution in [1.82, 2.24) is 0 Å². The first kappa shape index (κ1) is 21.2. The first-order chi connectivity index (χ1) is 11.0. The topological polar surface area (TPSA) is 54.4 Å². The molecule has 0 amide bonds. The van der Waals surface area contributed by atoms with E-state index < -0.39 is 26.1 Å². The van der Waals surface area contributed by atoms with Gasteiger partial charge >= 0.3 is 0 Å². The maximum Gasteiger partial charge on any atom is 0.184 e. The Morgan fingerprint density at radius 3 is 2.00 bits per heavy atom. The number of benzene rings is 1. The summed E-state index contributed by atoms with van der Waals surface area (Å²) in [6.07, 6.45) is 5.77. The van der Waals surface area contributed by atoms with Crippen LogP contribution in [0.15, 0.2) is 35.2 Å². The Morgan fingerprint density at radius 1 is 0.958 bits per heavy atom. The third kappa shape index (κ3) is 5.06. The number of hydrogen-bond donors (Lipinski definition) is 1. The molecular formula is C20H34O3S. The Bertz CT molecular complexity index is 583. The molecule has 0 saturated heterocycles. The van der Waals surface area contributed by atoms with Crippen LogP contribution >= 0.6 is 0 Å². The lowest BCUT2D eigenvalue weighted by Crippen LogP contribution is -2.53. The molecule has 3 nitrogen and oxygen atoms in total. The van der Waals surface area contributed by atoms with Gasteiger partial charge in [-0.15, -0.1) is 0 Å². The van der Waals surface area contributed by atoms with Crippen LogP contribution in [-0.4, -0.2) is 24.4 Å². The van der Waals surface area contributed by atoms with Gasteiger partial charge in [-0.2, -0.15) is 0 Å². The predicted octanol–water partition coefficient (Wildman–Crippen LogP) is 4.99. The van der Waals surface area contributed by atoms with Crippen molar-refractivity contribution in [1.29, 1.82) is 0 Å². The first-order valence-electron chi connectivity index (χ1n) is 9.06. The number of hydrogen-bond acceptors (Lipinski definition) is 3. The molecule has 0 aliphatic carbocycles. The normalized spacial score (nSPS) is 16.6. The molecule has 0 heterocycles. The van der Waals surface area contributed by atoms with Gasteiger partial charge in [0.1, 0.15) is 0 Å². The molecule has 0 spiro atoms. The van der Waals surface area contributed by atoms with Gasteiger partial charge < -0.3 is 5.11 Å². The van der Waals surface area contributed by atoms with E-state index in [1.165, 1.54) is 6.42 Å². The summed E-state index contributed by atoms with van der Waals surface area (Å²) in [6, 6.07) is 8.52. The minimum atomic E-state index is -3.58. The maximum absolute atomic E-state index is 13.2. The average Bonchev–Trinajstić information content (AvgIpc) is 2.50. The van der Waals surface area contributed by atoms with E-state index in [0.717, 1.165) is 25.7 Å². The Labute approximate surface area is 148 Å². The fourth-order valence-electron chi connectivity index (χ4n) is 2.93. The van der Waals surface area contributed by atoms with E-state index in [4.69, 9.17) is 0 Å². The van der Waals surface area contributed by atoms with Crippen LogP contribution < -0.4 is 0 Å². The smallest absolute Gasteiger partial charge is 0.184 e. The summed E-state index contributed by atoms with van der Waals surface area (Å²) in [5.74, 6) is 0. The van der Waals surface area contributed by atoms with Crippen molar-refractivity contribution in [3.63, 3.8) is 0 Å². The van der Waals surface area contributed by atoms with Crippen LogP contribution in [0.1, 0.15) is 73.1 Å². The van der Waals surface area contributed by atoms with Crippen LogP contribution in [0, 0.1) is 5.41 Å². The molecule has 24 heavy (non-hydrogen) atoms. The summed E-state index contributed by atoms with van der Waals surface area (Å²) in [5, 5.41) is 10.3. The predicted molar refractivity (Wildman–Crippen MR) is 101 cm³/mol. The van der Waals surface area contributed by atoms with Crippen LogP contribution in [-0.2, 0) is 9.84 Å². The molecule has 1 N–H and O–H groups in total. The first-order valence-corrected chi connectivity index (χ1v) is 10.6. The van der Waals surface area contributed by atoms with E-state index in [1.54, 1.807) is 37.3 Å². The number of sulfone groups is 1. The van der Waals surface area contributed by atoms with Crippen molar-refractivity contribution in [2.45, 2.75) is 88.9 Å². The molecule has 2 unspecified atom stereocenters. The standard InChI is InChI=1S/C20H34O3S/c1-6-7-8-9-13-16-18(20(5,21)19(2,3)4)24(22,23)17-14-11-10-12-15-17/h10-12,14-15,18,21H,6-9,13,16H2,1-5H3. The summed E-state index contributed by atoms with van der Waals surface area (Å²) in [7, 11) is -3.58. The molecule has 0 aliphatic heterocycles. The van der Waals surface area contributed by atoms with Crippen LogP contribution in [0.4, 0.5) is 0 Å². The summed E-state index contributed by atoms with van der Waals surface area (Å²) in [6.45, 7) is 9.53. The van der Waals surface area contributed by atoms with Crippen LogP contribution in [0.25, 0.3) is 0 Å². The van der Waals surface area contributed by atoms with Crippen LogP contribution in [0.3, 0.4) is 0 Å². The minimum absolute atomic E-state index is 0.299. The van der Waals surface area contributed by atoms with Crippen molar-refractivity contribution in [2.75, 3.05) is 0 Å². The van der Waals surface area contributed by atoms with Crippen molar-refractivity contribution >= 4 is 9.84 Å². The molecule has 1 aromatic carbocycles. The van der Waals surface area contributed by atoms with E-state index >= 15 is 0 Å². The Kier molecular flexibility index (Phi) is 7.48. The Balaban J connectivity index is 3.10. The molecule has 0 bridgehead atoms. The third-order valence-electron chi connectivity index (χ3n) is 5.16. The van der Waals surface area contributed by atoms with E-state index in [-0.39, 0.29) is 0 Å². The highest BCUT2D eigenvalue weighted by Gasteiger charge is 2.48. The lowest BCUT2D eigenvalue weighted by atomic mass is 9.74. The molecular weight excluding hydrogens is 320 g/mol. The van der Waals surface area contributed by atoms with E-state index in [1.807, 2.05) is 20.8 Å². The largest absolute Gasteiger partial charge is 0.388 e. The zero-order valence-corrected chi connectivity index (χ0v) is 16.7. The molecule has 0 aromatic heterocycles. The van der Waals surface area contributed by atoms with E-state index in [9.17, 15) is 13.5 Å². The summed E-state index contributed by atoms with van der Waals surface area (Å²) in [5.41, 5.74) is -1.82. The molecule has 0 fully saturated rings. The number of rotatable bonds is 9. The second kappa shape index (κ2) is 8.48. The highest BCUT2D eigenvalue weighted by atomic mass is 32.2. The van der Waals surface area contributed by atoms with Gasteiger partial charge in [0.25, 0.3) is 0 Å². The van der Waals surface area contributed by atoms with Gasteiger partial charge in [0.05, 0.1) is 15.7 Å². The van der Waals surface area contributed by atoms with Crippen LogP contribution in [0.2, 0.25) is 0 Å². The van der Waals surface area contributed by atoms with Crippen molar-refractivity contribution in [3.8, 4) is 0 Å². The Hall–Kier alpha value is -0.870. The lowest BCUT2D eigenvalue weighted by Gasteiger charge is -2.43. The van der Waals surface area contributed by atoms with Crippen molar-refractivity contribution in [3.05, 3.63) is 30.3 Å². The maximum atomic E-state index is 13.2. The van der Waals surface area contributed by atoms with E-state index in [0.29, 0.717) is 11.3 Å². The van der Waals surface area contributed by atoms with Crippen molar-refractivity contribution < 1.29 is 13.5 Å². The molecule has 4 heteroatoms. The summed E-state index contributed by atoms with van der Waals surface area (Å²) < 4.78 is 26.4. The van der Waals surface area contributed by atoms with Gasteiger partial charge in [-0.05, 0) is 30.9 Å². The van der Waals surface area contributed by atoms with Gasteiger partial charge in [0.2, 0.25) is 0 Å². The minimum Gasteiger partial charge on any atom is -0.388 e. The molecule has 1 aromatic rings. The fraction of sp³-hybridized carbons (Fsp3) is 0.700. The monoisotopic (exact) mass is 354 g/mol. The van der Waals surface area contributed by atoms with Crippen molar-refractivity contribution in [2.24, 2.45) is 5.41 Å².